The minimum absolute atomic E-state index is 0.00580. The van der Waals surface area contributed by atoms with Crippen LogP contribution >= 0.6 is 0 Å². The number of aromatic amines is 1. The molecule has 0 amide bonds. The van der Waals surface area contributed by atoms with Crippen LogP contribution in [0.5, 0.6) is 5.75 Å². The molecule has 0 atom stereocenters. The summed E-state index contributed by atoms with van der Waals surface area (Å²) in [7, 11) is -0.301. The average molecular weight is 473 g/mol. The molecule has 1 aromatic carbocycles. The fourth-order valence-corrected chi connectivity index (χ4v) is 3.71. The van der Waals surface area contributed by atoms with Crippen molar-refractivity contribution in [1.29, 1.82) is 0 Å². The van der Waals surface area contributed by atoms with Gasteiger partial charge in [-0.1, -0.05) is 0 Å². The molecule has 0 saturated carbocycles. The predicted octanol–water partition coefficient (Wildman–Crippen LogP) is 2.95. The van der Waals surface area contributed by atoms with Gasteiger partial charge in [0, 0.05) is 36.8 Å². The quantitative estimate of drug-likeness (QED) is 0.370. The molecular formula is C20H21FN8O3S. The maximum atomic E-state index is 14.6. The van der Waals surface area contributed by atoms with Gasteiger partial charge in [-0.3, -0.25) is 9.78 Å². The van der Waals surface area contributed by atoms with E-state index in [1.807, 2.05) is 6.92 Å². The Morgan fingerprint density at radius 3 is 2.55 bits per heavy atom. The van der Waals surface area contributed by atoms with Crippen LogP contribution in [0.4, 0.5) is 27.7 Å². The van der Waals surface area contributed by atoms with E-state index in [1.54, 1.807) is 30.2 Å². The van der Waals surface area contributed by atoms with Crippen LogP contribution in [0.1, 0.15) is 5.69 Å². The number of nitrogens with zero attached hydrogens (tertiary/aromatic N) is 5. The van der Waals surface area contributed by atoms with E-state index in [1.165, 1.54) is 19.2 Å². The van der Waals surface area contributed by atoms with Crippen LogP contribution in [0.25, 0.3) is 11.3 Å². The first-order valence-corrected chi connectivity index (χ1v) is 11.5. The topological polar surface area (TPSA) is 140 Å². The molecule has 0 saturated heterocycles. The zero-order chi connectivity index (χ0) is 23.8. The van der Waals surface area contributed by atoms with Gasteiger partial charge in [-0.2, -0.15) is 15.2 Å². The van der Waals surface area contributed by atoms with E-state index in [0.29, 0.717) is 22.8 Å². The maximum Gasteiger partial charge on any atom is 0.230 e. The average Bonchev–Trinajstić information content (AvgIpc) is 3.36. The van der Waals surface area contributed by atoms with Gasteiger partial charge in [-0.05, 0) is 25.1 Å². The number of anilines is 4. The second-order valence-corrected chi connectivity index (χ2v) is 9.30. The smallest absolute Gasteiger partial charge is 0.230 e. The van der Waals surface area contributed by atoms with Crippen molar-refractivity contribution in [2.24, 2.45) is 7.05 Å². The molecule has 0 spiro atoms. The van der Waals surface area contributed by atoms with Crippen molar-refractivity contribution in [3.8, 4) is 17.0 Å². The monoisotopic (exact) mass is 472 g/mol. The van der Waals surface area contributed by atoms with Crippen molar-refractivity contribution >= 4 is 33.1 Å². The number of nitrogens with one attached hydrogen (secondary N) is 3. The molecule has 0 fully saturated rings. The molecule has 4 aromatic rings. The number of H-pyrrole nitrogens is 1. The second-order valence-electron chi connectivity index (χ2n) is 7.28. The summed E-state index contributed by atoms with van der Waals surface area (Å²) < 4.78 is 45.2. The summed E-state index contributed by atoms with van der Waals surface area (Å²) in [5.74, 6) is 0.403. The number of halogens is 1. The maximum absolute atomic E-state index is 14.6. The summed E-state index contributed by atoms with van der Waals surface area (Å²) in [4.78, 5) is 8.78. The number of sulfone groups is 1. The Balaban J connectivity index is 1.80. The molecule has 0 unspecified atom stereocenters. The summed E-state index contributed by atoms with van der Waals surface area (Å²) in [6.07, 6.45) is 4.37. The Morgan fingerprint density at radius 1 is 1.18 bits per heavy atom. The van der Waals surface area contributed by atoms with E-state index in [2.05, 4.69) is 35.9 Å². The Labute approximate surface area is 189 Å². The molecule has 3 heterocycles. The summed E-state index contributed by atoms with van der Waals surface area (Å²) in [6.45, 7) is 1.85. The Hall–Kier alpha value is -4.00. The van der Waals surface area contributed by atoms with Gasteiger partial charge in [-0.15, -0.1) is 0 Å². The lowest BCUT2D eigenvalue weighted by Crippen LogP contribution is -2.07. The zero-order valence-corrected chi connectivity index (χ0v) is 19.0. The van der Waals surface area contributed by atoms with Gasteiger partial charge in [0.2, 0.25) is 5.95 Å². The number of hydrogen-bond donors (Lipinski definition) is 3. The van der Waals surface area contributed by atoms with Gasteiger partial charge in [0.1, 0.15) is 11.5 Å². The van der Waals surface area contributed by atoms with Crippen LogP contribution in [-0.2, 0) is 16.9 Å². The van der Waals surface area contributed by atoms with Crippen molar-refractivity contribution in [2.45, 2.75) is 11.8 Å². The van der Waals surface area contributed by atoms with Gasteiger partial charge in [0.05, 0.1) is 23.9 Å². The minimum Gasteiger partial charge on any atom is -0.491 e. The third kappa shape index (κ3) is 4.77. The third-order valence-corrected chi connectivity index (χ3v) is 5.73. The van der Waals surface area contributed by atoms with Crippen molar-refractivity contribution in [3.63, 3.8) is 0 Å². The lowest BCUT2D eigenvalue weighted by atomic mass is 10.2. The highest BCUT2D eigenvalue weighted by Crippen LogP contribution is 2.36. The Bertz CT molecular complexity index is 1430. The van der Waals surface area contributed by atoms with Gasteiger partial charge < -0.3 is 15.4 Å². The molecule has 11 nitrogen and oxygen atoms in total. The first-order chi connectivity index (χ1) is 15.6. The molecule has 13 heteroatoms. The largest absolute Gasteiger partial charge is 0.491 e. The van der Waals surface area contributed by atoms with Gasteiger partial charge in [0.15, 0.2) is 27.2 Å². The normalized spacial score (nSPS) is 11.4. The van der Waals surface area contributed by atoms with Crippen LogP contribution in [0, 0.1) is 12.7 Å². The number of aromatic nitrogens is 6. The van der Waals surface area contributed by atoms with Crippen LogP contribution in [0.3, 0.4) is 0 Å². The molecular weight excluding hydrogens is 451 g/mol. The predicted molar refractivity (Wildman–Crippen MR) is 120 cm³/mol. The number of rotatable bonds is 7. The standard InChI is InChI=1S/C20H21FN8O3S/c1-11-7-16(28-27-11)24-19-18(32-3)17(12-9-22-29(2)10-12)25-20(26-19)23-15-6-5-13(8-14(15)21)33(4,30)31/h5-10H,1-4H3,(H3,23,24,25,26,27,28). The molecule has 3 N–H and O–H groups in total. The SMILES string of the molecule is COc1c(Nc2cc(C)[nH]n2)nc(Nc2ccc(S(C)(=O)=O)cc2F)nc1-c1cnn(C)c1. The molecule has 33 heavy (non-hydrogen) atoms. The van der Waals surface area contributed by atoms with Crippen LogP contribution in [-0.4, -0.2) is 51.7 Å². The van der Waals surface area contributed by atoms with Crippen LogP contribution in [0.15, 0.2) is 41.6 Å². The summed E-state index contributed by atoms with van der Waals surface area (Å²) in [5.41, 5.74) is 1.90. The van der Waals surface area contributed by atoms with E-state index in [9.17, 15) is 12.8 Å². The van der Waals surface area contributed by atoms with Gasteiger partial charge in [0.25, 0.3) is 0 Å². The van der Waals surface area contributed by atoms with Crippen molar-refractivity contribution in [3.05, 3.63) is 48.2 Å². The number of ether oxygens (including phenoxy) is 1. The number of benzene rings is 1. The highest BCUT2D eigenvalue weighted by atomic mass is 32.2. The fraction of sp³-hybridized carbons (Fsp3) is 0.200. The molecule has 0 radical (unpaired) electrons. The van der Waals surface area contributed by atoms with E-state index < -0.39 is 15.7 Å². The zero-order valence-electron chi connectivity index (χ0n) is 18.2. The molecule has 4 rings (SSSR count). The van der Waals surface area contributed by atoms with E-state index in [4.69, 9.17) is 4.74 Å². The first kappa shape index (κ1) is 22.2. The lowest BCUT2D eigenvalue weighted by molar-refractivity contribution is 0.415. The third-order valence-electron chi connectivity index (χ3n) is 4.62. The summed E-state index contributed by atoms with van der Waals surface area (Å²) >= 11 is 0. The molecule has 0 aliphatic rings. The highest BCUT2D eigenvalue weighted by Gasteiger charge is 2.20. The first-order valence-electron chi connectivity index (χ1n) is 9.65. The lowest BCUT2D eigenvalue weighted by Gasteiger charge is -2.15. The highest BCUT2D eigenvalue weighted by molar-refractivity contribution is 7.90. The Kier molecular flexibility index (Phi) is 5.72. The van der Waals surface area contributed by atoms with Crippen LogP contribution in [0.2, 0.25) is 0 Å². The number of aryl methyl sites for hydroxylation is 2. The molecule has 0 bridgehead atoms. The summed E-state index contributed by atoms with van der Waals surface area (Å²) in [5, 5.41) is 17.0. The summed E-state index contributed by atoms with van der Waals surface area (Å²) in [6, 6.07) is 5.34. The fourth-order valence-electron chi connectivity index (χ4n) is 3.08. The van der Waals surface area contributed by atoms with E-state index >= 15 is 0 Å². The molecule has 0 aliphatic heterocycles. The van der Waals surface area contributed by atoms with Crippen molar-refractivity contribution in [1.82, 2.24) is 29.9 Å². The van der Waals surface area contributed by atoms with Crippen molar-refractivity contribution in [2.75, 3.05) is 24.0 Å². The minimum atomic E-state index is -3.55. The molecule has 3 aromatic heterocycles. The second kappa shape index (κ2) is 8.50. The van der Waals surface area contributed by atoms with Crippen LogP contribution < -0.4 is 15.4 Å². The number of methoxy groups -OCH3 is 1. The Morgan fingerprint density at radius 2 is 1.97 bits per heavy atom. The van der Waals surface area contributed by atoms with E-state index in [-0.39, 0.29) is 22.3 Å². The van der Waals surface area contributed by atoms with E-state index in [0.717, 1.165) is 18.0 Å². The van der Waals surface area contributed by atoms with Gasteiger partial charge in [-0.25, -0.2) is 17.8 Å². The number of hydrogen-bond acceptors (Lipinski definition) is 9. The van der Waals surface area contributed by atoms with Gasteiger partial charge >= 0.3 is 0 Å². The van der Waals surface area contributed by atoms with Crippen molar-refractivity contribution < 1.29 is 17.5 Å². The molecule has 172 valence electrons. The molecule has 0 aliphatic carbocycles.